The molecule has 7 heteroatoms. The molecular weight excluding hydrogens is 346 g/mol. The van der Waals surface area contributed by atoms with E-state index in [2.05, 4.69) is 10.6 Å². The Hall–Kier alpha value is -2.31. The van der Waals surface area contributed by atoms with Crippen LogP contribution in [0, 0.1) is 0 Å². The second kappa shape index (κ2) is 8.59. The highest BCUT2D eigenvalue weighted by Crippen LogP contribution is 2.27. The van der Waals surface area contributed by atoms with Crippen LogP contribution in [0.25, 0.3) is 0 Å². The summed E-state index contributed by atoms with van der Waals surface area (Å²) in [6.45, 7) is 5.78. The maximum absolute atomic E-state index is 12.5. The molecule has 0 saturated heterocycles. The van der Waals surface area contributed by atoms with E-state index in [0.717, 1.165) is 38.5 Å². The minimum absolute atomic E-state index is 0.237. The maximum Gasteiger partial charge on any atom is 0.408 e. The predicted molar refractivity (Wildman–Crippen MR) is 104 cm³/mol. The zero-order valence-electron chi connectivity index (χ0n) is 16.8. The summed E-state index contributed by atoms with van der Waals surface area (Å²) >= 11 is 0. The Labute approximate surface area is 160 Å². The van der Waals surface area contributed by atoms with Gasteiger partial charge in [0.25, 0.3) is 11.5 Å². The molecule has 0 aliphatic heterocycles. The van der Waals surface area contributed by atoms with Gasteiger partial charge in [-0.2, -0.15) is 0 Å². The van der Waals surface area contributed by atoms with Gasteiger partial charge < -0.3 is 19.9 Å². The van der Waals surface area contributed by atoms with E-state index in [1.54, 1.807) is 19.3 Å². The lowest BCUT2D eigenvalue weighted by atomic mass is 9.90. The number of hydrogen-bond donors (Lipinski definition) is 2. The molecule has 150 valence electrons. The van der Waals surface area contributed by atoms with Crippen LogP contribution in [-0.4, -0.2) is 34.3 Å². The number of carbonyl (C=O) groups excluding carboxylic acids is 2. The van der Waals surface area contributed by atoms with E-state index in [9.17, 15) is 14.4 Å². The molecule has 2 rings (SSSR count). The summed E-state index contributed by atoms with van der Waals surface area (Å²) < 4.78 is 6.83. The number of ether oxygens (including phenoxy) is 1. The van der Waals surface area contributed by atoms with Gasteiger partial charge in [0.2, 0.25) is 0 Å². The number of nitrogens with one attached hydrogen (secondary N) is 2. The molecule has 0 unspecified atom stereocenters. The third-order valence-corrected chi connectivity index (χ3v) is 4.78. The first-order valence-corrected chi connectivity index (χ1v) is 9.56. The Morgan fingerprint density at radius 3 is 2.37 bits per heavy atom. The summed E-state index contributed by atoms with van der Waals surface area (Å²) in [4.78, 5) is 36.6. The molecule has 0 bridgehead atoms. The van der Waals surface area contributed by atoms with Crippen LogP contribution in [0.5, 0.6) is 0 Å². The number of pyridine rings is 1. The average molecular weight is 377 g/mol. The van der Waals surface area contributed by atoms with Crippen molar-refractivity contribution in [3.05, 3.63) is 34.2 Å². The van der Waals surface area contributed by atoms with Crippen LogP contribution in [0.2, 0.25) is 0 Å². The molecule has 1 aliphatic carbocycles. The van der Waals surface area contributed by atoms with E-state index in [0.29, 0.717) is 12.1 Å². The van der Waals surface area contributed by atoms with Gasteiger partial charge in [0.1, 0.15) is 5.60 Å². The van der Waals surface area contributed by atoms with E-state index in [1.165, 1.54) is 10.6 Å². The molecule has 0 aromatic carbocycles. The van der Waals surface area contributed by atoms with Gasteiger partial charge in [-0.25, -0.2) is 4.79 Å². The van der Waals surface area contributed by atoms with Crippen LogP contribution in [0.1, 0.15) is 69.7 Å². The van der Waals surface area contributed by atoms with Crippen molar-refractivity contribution in [2.45, 2.75) is 70.4 Å². The summed E-state index contributed by atoms with van der Waals surface area (Å²) in [7, 11) is 1.63. The fourth-order valence-corrected chi connectivity index (χ4v) is 3.31. The minimum atomic E-state index is -0.580. The quantitative estimate of drug-likeness (QED) is 0.790. The Balaban J connectivity index is 2.09. The molecule has 2 N–H and O–H groups in total. The molecule has 1 fully saturated rings. The fourth-order valence-electron chi connectivity index (χ4n) is 3.31. The number of amides is 2. The number of rotatable bonds is 4. The standard InChI is InChI=1S/C20H31N3O4/c1-19(2,3)27-18(26)22-20(10-7-5-6-8-11-20)14-21-17(25)15-9-12-23(4)16(24)13-15/h9,12-13H,5-8,10-11,14H2,1-4H3,(H,21,25)(H,22,26). The first-order chi connectivity index (χ1) is 12.6. The topological polar surface area (TPSA) is 89.4 Å². The molecule has 1 saturated carbocycles. The van der Waals surface area contributed by atoms with Crippen molar-refractivity contribution in [2.24, 2.45) is 7.05 Å². The molecule has 1 heterocycles. The largest absolute Gasteiger partial charge is 0.444 e. The molecule has 0 spiro atoms. The zero-order valence-corrected chi connectivity index (χ0v) is 16.8. The van der Waals surface area contributed by atoms with Crippen molar-refractivity contribution in [3.8, 4) is 0 Å². The fraction of sp³-hybridized carbons (Fsp3) is 0.650. The van der Waals surface area contributed by atoms with Crippen molar-refractivity contribution in [1.29, 1.82) is 0 Å². The SMILES string of the molecule is Cn1ccc(C(=O)NCC2(NC(=O)OC(C)(C)C)CCCCCC2)cc1=O. The van der Waals surface area contributed by atoms with Crippen molar-refractivity contribution >= 4 is 12.0 Å². The molecule has 0 radical (unpaired) electrons. The Morgan fingerprint density at radius 2 is 1.81 bits per heavy atom. The van der Waals surface area contributed by atoms with Gasteiger partial charge in [-0.1, -0.05) is 25.7 Å². The first kappa shape index (κ1) is 21.0. The number of alkyl carbamates (subject to hydrolysis) is 1. The molecular formula is C20H31N3O4. The molecule has 27 heavy (non-hydrogen) atoms. The van der Waals surface area contributed by atoms with Crippen LogP contribution >= 0.6 is 0 Å². The van der Waals surface area contributed by atoms with E-state index >= 15 is 0 Å². The van der Waals surface area contributed by atoms with Crippen molar-refractivity contribution in [3.63, 3.8) is 0 Å². The van der Waals surface area contributed by atoms with Gasteiger partial charge in [-0.3, -0.25) is 9.59 Å². The summed E-state index contributed by atoms with van der Waals surface area (Å²) in [6.07, 6.45) is 6.85. The lowest BCUT2D eigenvalue weighted by Crippen LogP contribution is -2.56. The number of hydrogen-bond acceptors (Lipinski definition) is 4. The van der Waals surface area contributed by atoms with Crippen LogP contribution < -0.4 is 16.2 Å². The highest BCUT2D eigenvalue weighted by Gasteiger charge is 2.34. The number of aromatic nitrogens is 1. The number of nitrogens with zero attached hydrogens (tertiary/aromatic N) is 1. The van der Waals surface area contributed by atoms with E-state index in [-0.39, 0.29) is 11.5 Å². The lowest BCUT2D eigenvalue weighted by molar-refractivity contribution is 0.0437. The average Bonchev–Trinajstić information content (AvgIpc) is 2.79. The number of aryl methyl sites for hydroxylation is 1. The Morgan fingerprint density at radius 1 is 1.19 bits per heavy atom. The van der Waals surface area contributed by atoms with Crippen LogP contribution in [0.3, 0.4) is 0 Å². The van der Waals surface area contributed by atoms with Gasteiger partial charge in [0, 0.05) is 31.4 Å². The predicted octanol–water partition coefficient (Wildman–Crippen LogP) is 2.73. The summed E-state index contributed by atoms with van der Waals surface area (Å²) in [5.41, 5.74) is -1.03. The van der Waals surface area contributed by atoms with E-state index < -0.39 is 17.2 Å². The van der Waals surface area contributed by atoms with Crippen molar-refractivity contribution in [2.75, 3.05) is 6.54 Å². The second-order valence-electron chi connectivity index (χ2n) is 8.37. The molecule has 1 aliphatic rings. The van der Waals surface area contributed by atoms with Gasteiger partial charge in [0.15, 0.2) is 0 Å². The Bertz CT molecular complexity index is 725. The summed E-state index contributed by atoms with van der Waals surface area (Å²) in [6, 6.07) is 2.92. The van der Waals surface area contributed by atoms with Gasteiger partial charge in [0.05, 0.1) is 5.54 Å². The first-order valence-electron chi connectivity index (χ1n) is 9.56. The number of carbonyl (C=O) groups is 2. The van der Waals surface area contributed by atoms with Gasteiger partial charge >= 0.3 is 6.09 Å². The van der Waals surface area contributed by atoms with Crippen LogP contribution in [0.4, 0.5) is 4.79 Å². The summed E-state index contributed by atoms with van der Waals surface area (Å²) in [5.74, 6) is -0.317. The second-order valence-corrected chi connectivity index (χ2v) is 8.37. The maximum atomic E-state index is 12.5. The van der Waals surface area contributed by atoms with Gasteiger partial charge in [-0.05, 0) is 39.7 Å². The van der Waals surface area contributed by atoms with E-state index in [1.807, 2.05) is 20.8 Å². The highest BCUT2D eigenvalue weighted by molar-refractivity contribution is 5.94. The molecule has 1 aromatic rings. The van der Waals surface area contributed by atoms with E-state index in [4.69, 9.17) is 4.74 Å². The molecule has 2 amide bonds. The third kappa shape index (κ3) is 6.41. The molecule has 1 aromatic heterocycles. The smallest absolute Gasteiger partial charge is 0.408 e. The zero-order chi connectivity index (χ0) is 20.1. The van der Waals surface area contributed by atoms with Crippen LogP contribution in [-0.2, 0) is 11.8 Å². The monoisotopic (exact) mass is 377 g/mol. The summed E-state index contributed by atoms with van der Waals surface area (Å²) in [5, 5.41) is 5.91. The normalized spacial score (nSPS) is 16.9. The molecule has 7 nitrogen and oxygen atoms in total. The van der Waals surface area contributed by atoms with Crippen molar-refractivity contribution < 1.29 is 14.3 Å². The molecule has 0 atom stereocenters. The lowest BCUT2D eigenvalue weighted by Gasteiger charge is -2.35. The Kier molecular flexibility index (Phi) is 6.68. The van der Waals surface area contributed by atoms with Crippen molar-refractivity contribution in [1.82, 2.24) is 15.2 Å². The minimum Gasteiger partial charge on any atom is -0.444 e. The third-order valence-electron chi connectivity index (χ3n) is 4.78. The van der Waals surface area contributed by atoms with Gasteiger partial charge in [-0.15, -0.1) is 0 Å². The highest BCUT2D eigenvalue weighted by atomic mass is 16.6. The van der Waals surface area contributed by atoms with Crippen LogP contribution in [0.15, 0.2) is 23.1 Å².